The zero-order valence-corrected chi connectivity index (χ0v) is 11.5. The third kappa shape index (κ3) is 3.95. The van der Waals surface area contributed by atoms with E-state index in [4.69, 9.17) is 0 Å². The lowest BCUT2D eigenvalue weighted by Crippen LogP contribution is -2.16. The van der Waals surface area contributed by atoms with Gasteiger partial charge < -0.3 is 10.2 Å². The molecule has 1 N–H and O–H groups in total. The molecule has 19 heavy (non-hydrogen) atoms. The lowest BCUT2D eigenvalue weighted by molar-refractivity contribution is 0.913. The summed E-state index contributed by atoms with van der Waals surface area (Å²) in [6, 6.07) is 6.19. The van der Waals surface area contributed by atoms with Crippen LogP contribution in [-0.2, 0) is 6.54 Å². The van der Waals surface area contributed by atoms with Crippen molar-refractivity contribution in [3.8, 4) is 0 Å². The molecule has 2 heterocycles. The van der Waals surface area contributed by atoms with Gasteiger partial charge in [0.05, 0.1) is 23.8 Å². The quantitative estimate of drug-likeness (QED) is 0.862. The van der Waals surface area contributed by atoms with Crippen LogP contribution in [0.25, 0.3) is 0 Å². The number of hydrogen-bond acceptors (Lipinski definition) is 4. The van der Waals surface area contributed by atoms with Crippen molar-refractivity contribution in [3.63, 3.8) is 0 Å². The van der Waals surface area contributed by atoms with E-state index in [0.717, 1.165) is 30.9 Å². The molecular weight excluding hydrogens is 236 g/mol. The molecule has 0 saturated carbocycles. The predicted octanol–water partition coefficient (Wildman–Crippen LogP) is 2.93. The summed E-state index contributed by atoms with van der Waals surface area (Å²) in [5, 5.41) is 3.35. The van der Waals surface area contributed by atoms with Crippen molar-refractivity contribution in [1.29, 1.82) is 0 Å². The van der Waals surface area contributed by atoms with E-state index in [-0.39, 0.29) is 0 Å². The van der Waals surface area contributed by atoms with E-state index in [1.54, 1.807) is 0 Å². The zero-order valence-electron chi connectivity index (χ0n) is 11.5. The van der Waals surface area contributed by atoms with Crippen molar-refractivity contribution in [3.05, 3.63) is 48.5 Å². The summed E-state index contributed by atoms with van der Waals surface area (Å²) in [6.07, 6.45) is 8.50. The van der Waals surface area contributed by atoms with Gasteiger partial charge in [-0.2, -0.15) is 0 Å². The second-order valence-electron chi connectivity index (χ2n) is 4.57. The van der Waals surface area contributed by atoms with Crippen molar-refractivity contribution in [1.82, 2.24) is 9.97 Å². The number of anilines is 2. The molecular formula is C15H20N4. The average molecular weight is 256 g/mol. The molecule has 0 spiro atoms. The fraction of sp³-hybridized carbons (Fsp3) is 0.333. The number of pyridine rings is 2. The van der Waals surface area contributed by atoms with Gasteiger partial charge in [0, 0.05) is 32.5 Å². The van der Waals surface area contributed by atoms with E-state index in [1.165, 1.54) is 5.56 Å². The summed E-state index contributed by atoms with van der Waals surface area (Å²) in [7, 11) is 2.07. The maximum absolute atomic E-state index is 4.28. The Kier molecular flexibility index (Phi) is 4.72. The second-order valence-corrected chi connectivity index (χ2v) is 4.57. The number of nitrogens with zero attached hydrogens (tertiary/aromatic N) is 3. The van der Waals surface area contributed by atoms with Crippen molar-refractivity contribution in [2.24, 2.45) is 0 Å². The maximum atomic E-state index is 4.28. The number of rotatable bonds is 6. The third-order valence-corrected chi connectivity index (χ3v) is 2.91. The Morgan fingerprint density at radius 3 is 2.68 bits per heavy atom. The molecule has 0 atom stereocenters. The molecule has 0 aliphatic carbocycles. The Labute approximate surface area is 114 Å². The van der Waals surface area contributed by atoms with Crippen LogP contribution in [0.3, 0.4) is 0 Å². The molecule has 0 aliphatic rings. The molecule has 0 unspecified atom stereocenters. The van der Waals surface area contributed by atoms with Crippen molar-refractivity contribution < 1.29 is 0 Å². The standard InChI is InChI=1S/C15H20N4/c1-3-6-18-14-9-15(11-17-10-14)19(2)12-13-4-7-16-8-5-13/h4-5,7-11,18H,3,6,12H2,1-2H3. The second kappa shape index (κ2) is 6.73. The Balaban J connectivity index is 2.04. The summed E-state index contributed by atoms with van der Waals surface area (Å²) < 4.78 is 0. The van der Waals surface area contributed by atoms with Crippen LogP contribution in [0.5, 0.6) is 0 Å². The summed E-state index contributed by atoms with van der Waals surface area (Å²) in [4.78, 5) is 10.5. The minimum Gasteiger partial charge on any atom is -0.384 e. The molecule has 2 aromatic rings. The zero-order chi connectivity index (χ0) is 13.5. The molecule has 0 bridgehead atoms. The van der Waals surface area contributed by atoms with Crippen LogP contribution in [0.4, 0.5) is 11.4 Å². The molecule has 0 saturated heterocycles. The van der Waals surface area contributed by atoms with Gasteiger partial charge in [0.2, 0.25) is 0 Å². The van der Waals surface area contributed by atoms with Crippen LogP contribution in [-0.4, -0.2) is 23.6 Å². The van der Waals surface area contributed by atoms with Crippen LogP contribution in [0.2, 0.25) is 0 Å². The lowest BCUT2D eigenvalue weighted by Gasteiger charge is -2.19. The first-order valence-corrected chi connectivity index (χ1v) is 6.58. The van der Waals surface area contributed by atoms with E-state index < -0.39 is 0 Å². The summed E-state index contributed by atoms with van der Waals surface area (Å²) in [5.41, 5.74) is 3.42. The summed E-state index contributed by atoms with van der Waals surface area (Å²) >= 11 is 0. The van der Waals surface area contributed by atoms with E-state index in [2.05, 4.69) is 40.2 Å². The largest absolute Gasteiger partial charge is 0.384 e. The Bertz CT molecular complexity index is 499. The molecule has 0 aliphatic heterocycles. The lowest BCUT2D eigenvalue weighted by atomic mass is 10.2. The highest BCUT2D eigenvalue weighted by molar-refractivity contribution is 5.55. The van der Waals surface area contributed by atoms with Gasteiger partial charge in [0.25, 0.3) is 0 Å². The maximum Gasteiger partial charge on any atom is 0.0573 e. The molecule has 100 valence electrons. The van der Waals surface area contributed by atoms with Crippen LogP contribution < -0.4 is 10.2 Å². The number of aromatic nitrogens is 2. The molecule has 4 nitrogen and oxygen atoms in total. The van der Waals surface area contributed by atoms with Crippen molar-refractivity contribution in [2.45, 2.75) is 19.9 Å². The summed E-state index contributed by atoms with van der Waals surface area (Å²) in [6.45, 7) is 3.97. The monoisotopic (exact) mass is 256 g/mol. The Hall–Kier alpha value is -2.10. The van der Waals surface area contributed by atoms with Gasteiger partial charge in [-0.1, -0.05) is 6.92 Å². The van der Waals surface area contributed by atoms with E-state index in [1.807, 2.05) is 36.9 Å². The van der Waals surface area contributed by atoms with E-state index >= 15 is 0 Å². The van der Waals surface area contributed by atoms with Gasteiger partial charge in [0.1, 0.15) is 0 Å². The number of hydrogen-bond donors (Lipinski definition) is 1. The number of nitrogens with one attached hydrogen (secondary N) is 1. The highest BCUT2D eigenvalue weighted by Gasteiger charge is 2.03. The highest BCUT2D eigenvalue weighted by atomic mass is 15.1. The fourth-order valence-electron chi connectivity index (χ4n) is 1.86. The van der Waals surface area contributed by atoms with Crippen LogP contribution in [0, 0.1) is 0 Å². The third-order valence-electron chi connectivity index (χ3n) is 2.91. The topological polar surface area (TPSA) is 41.1 Å². The normalized spacial score (nSPS) is 10.2. The van der Waals surface area contributed by atoms with Gasteiger partial charge >= 0.3 is 0 Å². The Morgan fingerprint density at radius 2 is 1.95 bits per heavy atom. The van der Waals surface area contributed by atoms with Crippen LogP contribution in [0.1, 0.15) is 18.9 Å². The van der Waals surface area contributed by atoms with Gasteiger partial charge in [0.15, 0.2) is 0 Å². The molecule has 0 amide bonds. The molecule has 2 rings (SSSR count). The first-order chi connectivity index (χ1) is 9.29. The summed E-state index contributed by atoms with van der Waals surface area (Å²) in [5.74, 6) is 0. The van der Waals surface area contributed by atoms with Crippen LogP contribution in [0.15, 0.2) is 43.0 Å². The molecule has 0 radical (unpaired) electrons. The average Bonchev–Trinajstić information content (AvgIpc) is 2.46. The van der Waals surface area contributed by atoms with Gasteiger partial charge in [-0.3, -0.25) is 9.97 Å². The van der Waals surface area contributed by atoms with E-state index in [0.29, 0.717) is 0 Å². The van der Waals surface area contributed by atoms with Crippen LogP contribution >= 0.6 is 0 Å². The fourth-order valence-corrected chi connectivity index (χ4v) is 1.86. The van der Waals surface area contributed by atoms with Gasteiger partial charge in [-0.05, 0) is 30.2 Å². The first kappa shape index (κ1) is 13.3. The van der Waals surface area contributed by atoms with E-state index in [9.17, 15) is 0 Å². The molecule has 4 heteroatoms. The molecule has 0 aromatic carbocycles. The highest BCUT2D eigenvalue weighted by Crippen LogP contribution is 2.18. The minimum absolute atomic E-state index is 0.849. The predicted molar refractivity (Wildman–Crippen MR) is 79.4 cm³/mol. The minimum atomic E-state index is 0.849. The SMILES string of the molecule is CCCNc1cncc(N(C)Cc2ccncc2)c1. The first-order valence-electron chi connectivity index (χ1n) is 6.58. The molecule has 2 aromatic heterocycles. The van der Waals surface area contributed by atoms with Crippen molar-refractivity contribution >= 4 is 11.4 Å². The smallest absolute Gasteiger partial charge is 0.0573 e. The molecule has 0 fully saturated rings. The Morgan fingerprint density at radius 1 is 1.16 bits per heavy atom. The van der Waals surface area contributed by atoms with Gasteiger partial charge in [-0.25, -0.2) is 0 Å². The van der Waals surface area contributed by atoms with Crippen molar-refractivity contribution in [2.75, 3.05) is 23.8 Å². The van der Waals surface area contributed by atoms with Gasteiger partial charge in [-0.15, -0.1) is 0 Å².